The van der Waals surface area contributed by atoms with Gasteiger partial charge >= 0.3 is 0 Å². The molecule has 1 fully saturated rings. The third-order valence-electron chi connectivity index (χ3n) is 3.81. The molecule has 0 spiro atoms. The van der Waals surface area contributed by atoms with Crippen LogP contribution in [0.5, 0.6) is 0 Å². The van der Waals surface area contributed by atoms with E-state index >= 15 is 0 Å². The first-order valence-corrected chi connectivity index (χ1v) is 7.54. The van der Waals surface area contributed by atoms with Crippen LogP contribution in [0.4, 0.5) is 0 Å². The van der Waals surface area contributed by atoms with Gasteiger partial charge in [0.2, 0.25) is 0 Å². The first kappa shape index (κ1) is 13.1. The van der Waals surface area contributed by atoms with Crippen LogP contribution >= 0.6 is 15.9 Å². The summed E-state index contributed by atoms with van der Waals surface area (Å²) in [6.45, 7) is 3.42. The molecule has 0 aliphatic heterocycles. The van der Waals surface area contributed by atoms with Crippen LogP contribution in [0, 0.1) is 5.92 Å². The predicted molar refractivity (Wildman–Crippen MR) is 77.1 cm³/mol. The van der Waals surface area contributed by atoms with E-state index in [1.54, 1.807) is 0 Å². The van der Waals surface area contributed by atoms with E-state index in [1.165, 1.54) is 48.7 Å². The van der Waals surface area contributed by atoms with Crippen LogP contribution in [0.25, 0.3) is 0 Å². The van der Waals surface area contributed by atoms with Crippen LogP contribution in [-0.4, -0.2) is 6.54 Å². The van der Waals surface area contributed by atoms with E-state index in [0.29, 0.717) is 6.04 Å². The molecule has 1 aromatic carbocycles. The number of hydrogen-bond donors (Lipinski definition) is 1. The Balaban J connectivity index is 1.84. The zero-order valence-electron chi connectivity index (χ0n) is 10.6. The Morgan fingerprint density at radius 2 is 1.94 bits per heavy atom. The molecule has 0 amide bonds. The van der Waals surface area contributed by atoms with Gasteiger partial charge < -0.3 is 5.32 Å². The molecule has 0 saturated heterocycles. The van der Waals surface area contributed by atoms with Crippen LogP contribution in [0.15, 0.2) is 28.7 Å². The first-order chi connectivity index (χ1) is 8.27. The van der Waals surface area contributed by atoms with E-state index in [0.717, 1.165) is 5.92 Å². The maximum Gasteiger partial charge on any atom is 0.0303 e. The van der Waals surface area contributed by atoms with E-state index in [1.807, 2.05) is 0 Å². The predicted octanol–water partition coefficient (Wildman–Crippen LogP) is 4.68. The van der Waals surface area contributed by atoms with Crippen LogP contribution < -0.4 is 5.32 Å². The Hall–Kier alpha value is -0.340. The maximum absolute atomic E-state index is 3.68. The SMILES string of the molecule is CC(NCC1CCCCC1)c1ccccc1Br. The smallest absolute Gasteiger partial charge is 0.0303 e. The summed E-state index contributed by atoms with van der Waals surface area (Å²) < 4.78 is 1.21. The largest absolute Gasteiger partial charge is 0.310 e. The Morgan fingerprint density at radius 3 is 2.65 bits per heavy atom. The number of nitrogens with one attached hydrogen (secondary N) is 1. The van der Waals surface area contributed by atoms with Gasteiger partial charge in [-0.05, 0) is 43.9 Å². The van der Waals surface area contributed by atoms with Crippen molar-refractivity contribution in [2.24, 2.45) is 5.92 Å². The minimum atomic E-state index is 0.438. The molecular formula is C15H22BrN. The minimum Gasteiger partial charge on any atom is -0.310 e. The van der Waals surface area contributed by atoms with Crippen molar-refractivity contribution >= 4 is 15.9 Å². The Kier molecular flexibility index (Phi) is 5.05. The van der Waals surface area contributed by atoms with Gasteiger partial charge in [0.15, 0.2) is 0 Å². The molecule has 0 aromatic heterocycles. The van der Waals surface area contributed by atoms with Crippen molar-refractivity contribution in [3.63, 3.8) is 0 Å². The fraction of sp³-hybridized carbons (Fsp3) is 0.600. The number of hydrogen-bond acceptors (Lipinski definition) is 1. The second-order valence-electron chi connectivity index (χ2n) is 5.16. The van der Waals surface area contributed by atoms with Crippen molar-refractivity contribution in [2.75, 3.05) is 6.54 Å². The van der Waals surface area contributed by atoms with Crippen LogP contribution in [0.1, 0.15) is 50.6 Å². The van der Waals surface area contributed by atoms with Gasteiger partial charge in [-0.2, -0.15) is 0 Å². The molecule has 0 heterocycles. The van der Waals surface area contributed by atoms with Crippen molar-refractivity contribution in [3.8, 4) is 0 Å². The van der Waals surface area contributed by atoms with Crippen LogP contribution in [-0.2, 0) is 0 Å². The van der Waals surface area contributed by atoms with Gasteiger partial charge in [-0.3, -0.25) is 0 Å². The third-order valence-corrected chi connectivity index (χ3v) is 4.53. The summed E-state index contributed by atoms with van der Waals surface area (Å²) in [5.74, 6) is 0.897. The van der Waals surface area contributed by atoms with E-state index < -0.39 is 0 Å². The van der Waals surface area contributed by atoms with Crippen LogP contribution in [0.3, 0.4) is 0 Å². The highest BCUT2D eigenvalue weighted by Crippen LogP contribution is 2.25. The van der Waals surface area contributed by atoms with Gasteiger partial charge in [0.25, 0.3) is 0 Å². The van der Waals surface area contributed by atoms with Crippen molar-refractivity contribution in [2.45, 2.75) is 45.1 Å². The van der Waals surface area contributed by atoms with Crippen molar-refractivity contribution in [1.29, 1.82) is 0 Å². The van der Waals surface area contributed by atoms with E-state index in [9.17, 15) is 0 Å². The molecule has 2 rings (SSSR count). The zero-order chi connectivity index (χ0) is 12.1. The molecule has 1 aromatic rings. The first-order valence-electron chi connectivity index (χ1n) is 6.75. The van der Waals surface area contributed by atoms with Crippen molar-refractivity contribution in [1.82, 2.24) is 5.32 Å². The van der Waals surface area contributed by atoms with Gasteiger partial charge in [0.1, 0.15) is 0 Å². The third kappa shape index (κ3) is 3.82. The highest BCUT2D eigenvalue weighted by atomic mass is 79.9. The highest BCUT2D eigenvalue weighted by Gasteiger charge is 2.15. The summed E-state index contributed by atoms with van der Waals surface area (Å²) >= 11 is 3.62. The zero-order valence-corrected chi connectivity index (χ0v) is 12.2. The van der Waals surface area contributed by atoms with E-state index in [-0.39, 0.29) is 0 Å². The second kappa shape index (κ2) is 6.55. The summed E-state index contributed by atoms with van der Waals surface area (Å²) in [5, 5.41) is 3.68. The molecule has 1 atom stereocenters. The molecule has 1 N–H and O–H groups in total. The summed E-state index contributed by atoms with van der Waals surface area (Å²) in [6, 6.07) is 8.93. The van der Waals surface area contributed by atoms with Gasteiger partial charge in [-0.1, -0.05) is 53.4 Å². The Morgan fingerprint density at radius 1 is 1.24 bits per heavy atom. The lowest BCUT2D eigenvalue weighted by Gasteiger charge is -2.24. The summed E-state index contributed by atoms with van der Waals surface area (Å²) in [5.41, 5.74) is 1.36. The summed E-state index contributed by atoms with van der Waals surface area (Å²) in [7, 11) is 0. The molecule has 94 valence electrons. The lowest BCUT2D eigenvalue weighted by atomic mass is 9.89. The second-order valence-corrected chi connectivity index (χ2v) is 6.01. The fourth-order valence-electron chi connectivity index (χ4n) is 2.67. The monoisotopic (exact) mass is 295 g/mol. The summed E-state index contributed by atoms with van der Waals surface area (Å²) in [6.07, 6.45) is 7.12. The molecule has 1 nitrogen and oxygen atoms in total. The molecular weight excluding hydrogens is 274 g/mol. The molecule has 1 aliphatic rings. The quantitative estimate of drug-likeness (QED) is 0.850. The minimum absolute atomic E-state index is 0.438. The average molecular weight is 296 g/mol. The molecule has 0 radical (unpaired) electrons. The molecule has 17 heavy (non-hydrogen) atoms. The molecule has 2 heteroatoms. The lowest BCUT2D eigenvalue weighted by Crippen LogP contribution is -2.27. The van der Waals surface area contributed by atoms with Crippen molar-refractivity contribution < 1.29 is 0 Å². The summed E-state index contributed by atoms with van der Waals surface area (Å²) in [4.78, 5) is 0. The van der Waals surface area contributed by atoms with Crippen molar-refractivity contribution in [3.05, 3.63) is 34.3 Å². The fourth-order valence-corrected chi connectivity index (χ4v) is 3.30. The van der Waals surface area contributed by atoms with Gasteiger partial charge in [0, 0.05) is 10.5 Å². The standard InChI is InChI=1S/C15H22BrN/c1-12(14-9-5-6-10-15(14)16)17-11-13-7-3-2-4-8-13/h5-6,9-10,12-13,17H,2-4,7-8,11H2,1H3. The Labute approximate surface area is 113 Å². The number of rotatable bonds is 4. The lowest BCUT2D eigenvalue weighted by molar-refractivity contribution is 0.331. The average Bonchev–Trinajstić information content (AvgIpc) is 2.38. The molecule has 1 unspecified atom stereocenters. The number of benzene rings is 1. The molecule has 1 saturated carbocycles. The number of halogens is 1. The normalized spacial score (nSPS) is 19.2. The van der Waals surface area contributed by atoms with Gasteiger partial charge in [0.05, 0.1) is 0 Å². The van der Waals surface area contributed by atoms with Gasteiger partial charge in [-0.25, -0.2) is 0 Å². The maximum atomic E-state index is 3.68. The topological polar surface area (TPSA) is 12.0 Å². The van der Waals surface area contributed by atoms with Crippen LogP contribution in [0.2, 0.25) is 0 Å². The van der Waals surface area contributed by atoms with Gasteiger partial charge in [-0.15, -0.1) is 0 Å². The van der Waals surface area contributed by atoms with E-state index in [4.69, 9.17) is 0 Å². The Bertz CT molecular complexity index is 345. The highest BCUT2D eigenvalue weighted by molar-refractivity contribution is 9.10. The molecule has 1 aliphatic carbocycles. The molecule has 0 bridgehead atoms. The van der Waals surface area contributed by atoms with E-state index in [2.05, 4.69) is 52.4 Å².